The Morgan fingerprint density at radius 3 is 1.71 bits per heavy atom. The normalized spacial score (nSPS) is 18.1. The molecule has 31 heavy (non-hydrogen) atoms. The van der Waals surface area contributed by atoms with Gasteiger partial charge < -0.3 is 9.84 Å². The van der Waals surface area contributed by atoms with Crippen LogP contribution in [0.5, 0.6) is 11.5 Å². The summed E-state index contributed by atoms with van der Waals surface area (Å²) in [5.74, 6) is 1.50. The molecule has 0 amide bonds. The molecule has 2 rings (SSSR count). The Bertz CT molecular complexity index is 663. The maximum Gasteiger partial charge on any atom is 0.127 e. The van der Waals surface area contributed by atoms with E-state index in [-0.39, 0.29) is 5.60 Å². The molecular weight excluding hydrogens is 380 g/mol. The number of phenols is 1. The largest absolute Gasteiger partial charge is 0.507 e. The van der Waals surface area contributed by atoms with Crippen LogP contribution in [0.2, 0.25) is 0 Å². The van der Waals surface area contributed by atoms with E-state index in [9.17, 15) is 5.11 Å². The first-order valence-electron chi connectivity index (χ1n) is 13.4. The molecule has 1 atom stereocenters. The summed E-state index contributed by atoms with van der Waals surface area (Å²) in [5, 5.41) is 10.4. The Morgan fingerprint density at radius 2 is 1.19 bits per heavy atom. The van der Waals surface area contributed by atoms with Crippen LogP contribution in [-0.4, -0.2) is 10.7 Å². The van der Waals surface area contributed by atoms with Crippen molar-refractivity contribution in [1.82, 2.24) is 0 Å². The average molecular weight is 431 g/mol. The maximum atomic E-state index is 10.4. The summed E-state index contributed by atoms with van der Waals surface area (Å²) in [6.07, 6.45) is 22.9. The Balaban J connectivity index is 1.57. The van der Waals surface area contributed by atoms with E-state index in [0.29, 0.717) is 5.75 Å². The van der Waals surface area contributed by atoms with E-state index in [2.05, 4.69) is 20.8 Å². The molecule has 1 aromatic rings. The second-order valence-electron chi connectivity index (χ2n) is 10.4. The molecule has 0 saturated carbocycles. The molecule has 0 radical (unpaired) electrons. The Kier molecular flexibility index (Phi) is 11.3. The van der Waals surface area contributed by atoms with Crippen LogP contribution in [0, 0.1) is 20.8 Å². The summed E-state index contributed by atoms with van der Waals surface area (Å²) < 4.78 is 6.57. The van der Waals surface area contributed by atoms with Crippen LogP contribution < -0.4 is 4.74 Å². The molecule has 1 heterocycles. The van der Waals surface area contributed by atoms with Crippen molar-refractivity contribution in [1.29, 1.82) is 0 Å². The number of rotatable bonds is 15. The summed E-state index contributed by atoms with van der Waals surface area (Å²) in [4.78, 5) is 0. The molecule has 1 aromatic carbocycles. The molecule has 2 nitrogen and oxygen atoms in total. The fraction of sp³-hybridized carbons (Fsp3) is 0.793. The van der Waals surface area contributed by atoms with E-state index >= 15 is 0 Å². The van der Waals surface area contributed by atoms with Gasteiger partial charge in [0.25, 0.3) is 0 Å². The lowest BCUT2D eigenvalue weighted by atomic mass is 9.84. The second-order valence-corrected chi connectivity index (χ2v) is 10.4. The zero-order valence-corrected chi connectivity index (χ0v) is 21.4. The van der Waals surface area contributed by atoms with Gasteiger partial charge in [-0.1, -0.05) is 90.4 Å². The number of fused-ring (bicyclic) bond motifs is 1. The van der Waals surface area contributed by atoms with Crippen molar-refractivity contribution >= 4 is 0 Å². The number of hydrogen-bond donors (Lipinski definition) is 1. The highest BCUT2D eigenvalue weighted by atomic mass is 16.5. The topological polar surface area (TPSA) is 29.5 Å². The van der Waals surface area contributed by atoms with Gasteiger partial charge in [0.2, 0.25) is 0 Å². The zero-order valence-electron chi connectivity index (χ0n) is 21.4. The molecule has 1 aliphatic rings. The van der Waals surface area contributed by atoms with Gasteiger partial charge in [0, 0.05) is 5.56 Å². The molecule has 0 fully saturated rings. The molecule has 0 aliphatic carbocycles. The molecule has 1 N–H and O–H groups in total. The Hall–Kier alpha value is -1.18. The first-order chi connectivity index (χ1) is 14.9. The van der Waals surface area contributed by atoms with Gasteiger partial charge in [0.15, 0.2) is 0 Å². The first kappa shape index (κ1) is 26.1. The lowest BCUT2D eigenvalue weighted by Crippen LogP contribution is -2.37. The molecule has 0 aromatic heterocycles. The van der Waals surface area contributed by atoms with Crippen LogP contribution in [0.15, 0.2) is 0 Å². The average Bonchev–Trinajstić information content (AvgIpc) is 2.76. The van der Waals surface area contributed by atoms with Gasteiger partial charge in [0.05, 0.1) is 0 Å². The molecule has 0 bridgehead atoms. The third kappa shape index (κ3) is 8.03. The number of ether oxygens (including phenoxy) is 1. The van der Waals surface area contributed by atoms with Crippen LogP contribution in [-0.2, 0) is 6.42 Å². The fourth-order valence-electron chi connectivity index (χ4n) is 5.16. The van der Waals surface area contributed by atoms with Gasteiger partial charge in [-0.3, -0.25) is 0 Å². The quantitative estimate of drug-likeness (QED) is 0.281. The minimum Gasteiger partial charge on any atom is -0.507 e. The molecule has 0 spiro atoms. The lowest BCUT2D eigenvalue weighted by molar-refractivity contribution is 0.0521. The van der Waals surface area contributed by atoms with E-state index in [1.54, 1.807) is 0 Å². The van der Waals surface area contributed by atoms with Crippen LogP contribution >= 0.6 is 0 Å². The highest BCUT2D eigenvalue weighted by molar-refractivity contribution is 5.58. The van der Waals surface area contributed by atoms with Gasteiger partial charge in [-0.25, -0.2) is 0 Å². The predicted octanol–water partition coefficient (Wildman–Crippen LogP) is 9.27. The minimum absolute atomic E-state index is 0.0509. The third-order valence-corrected chi connectivity index (χ3v) is 7.65. The van der Waals surface area contributed by atoms with Crippen molar-refractivity contribution in [2.24, 2.45) is 0 Å². The zero-order chi connectivity index (χ0) is 22.7. The summed E-state index contributed by atoms with van der Waals surface area (Å²) in [5.41, 5.74) is 4.27. The van der Waals surface area contributed by atoms with Gasteiger partial charge in [-0.05, 0) is 70.1 Å². The number of aromatic hydroxyl groups is 1. The molecular formula is C29H50O2. The fourth-order valence-corrected chi connectivity index (χ4v) is 5.16. The monoisotopic (exact) mass is 430 g/mol. The number of hydrogen-bond acceptors (Lipinski definition) is 2. The molecule has 0 unspecified atom stereocenters. The van der Waals surface area contributed by atoms with E-state index in [1.165, 1.54) is 95.5 Å². The highest BCUT2D eigenvalue weighted by Crippen LogP contribution is 2.44. The lowest BCUT2D eigenvalue weighted by Gasteiger charge is -2.38. The predicted molar refractivity (Wildman–Crippen MR) is 135 cm³/mol. The van der Waals surface area contributed by atoms with Crippen LogP contribution in [0.1, 0.15) is 139 Å². The van der Waals surface area contributed by atoms with E-state index in [4.69, 9.17) is 4.74 Å². The minimum atomic E-state index is -0.0509. The van der Waals surface area contributed by atoms with Gasteiger partial charge in [-0.15, -0.1) is 0 Å². The third-order valence-electron chi connectivity index (χ3n) is 7.65. The molecule has 1 aliphatic heterocycles. The number of phenolic OH excluding ortho intramolecular Hbond substituents is 1. The summed E-state index contributed by atoms with van der Waals surface area (Å²) in [6.45, 7) is 10.7. The number of benzene rings is 1. The molecule has 178 valence electrons. The second kappa shape index (κ2) is 13.4. The summed E-state index contributed by atoms with van der Waals surface area (Å²) >= 11 is 0. The van der Waals surface area contributed by atoms with Crippen molar-refractivity contribution < 1.29 is 9.84 Å². The van der Waals surface area contributed by atoms with E-state index < -0.39 is 0 Å². The van der Waals surface area contributed by atoms with Crippen LogP contribution in [0.4, 0.5) is 0 Å². The highest BCUT2D eigenvalue weighted by Gasteiger charge is 2.34. The SMILES string of the molecule is CCCCCCCCCCCCCCCC[C@@]1(C)CCc2c(C)c(O)c(C)c(C)c2O1. The van der Waals surface area contributed by atoms with Gasteiger partial charge in [0.1, 0.15) is 17.1 Å². The smallest absolute Gasteiger partial charge is 0.127 e. The van der Waals surface area contributed by atoms with Crippen molar-refractivity contribution in [3.8, 4) is 11.5 Å². The first-order valence-corrected chi connectivity index (χ1v) is 13.4. The number of unbranched alkanes of at least 4 members (excludes halogenated alkanes) is 13. The summed E-state index contributed by atoms with van der Waals surface area (Å²) in [7, 11) is 0. The standard InChI is InChI=1S/C29H50O2/c1-6-7-8-9-10-11-12-13-14-15-16-17-18-19-21-29(5)22-20-26-25(4)27(30)23(2)24(3)28(26)31-29/h30H,6-22H2,1-5H3/t29-/m0/s1. The van der Waals surface area contributed by atoms with E-state index in [1.807, 2.05) is 13.8 Å². The van der Waals surface area contributed by atoms with Crippen LogP contribution in [0.3, 0.4) is 0 Å². The summed E-state index contributed by atoms with van der Waals surface area (Å²) in [6, 6.07) is 0. The van der Waals surface area contributed by atoms with Crippen molar-refractivity contribution in [3.63, 3.8) is 0 Å². The van der Waals surface area contributed by atoms with E-state index in [0.717, 1.165) is 41.7 Å². The molecule has 0 saturated heterocycles. The van der Waals surface area contributed by atoms with Gasteiger partial charge >= 0.3 is 0 Å². The molecule has 2 heteroatoms. The van der Waals surface area contributed by atoms with Crippen molar-refractivity contribution in [2.75, 3.05) is 0 Å². The van der Waals surface area contributed by atoms with Gasteiger partial charge in [-0.2, -0.15) is 0 Å². The Morgan fingerprint density at radius 1 is 0.710 bits per heavy atom. The maximum absolute atomic E-state index is 10.4. The Labute approximate surface area is 193 Å². The van der Waals surface area contributed by atoms with Crippen molar-refractivity contribution in [3.05, 3.63) is 22.3 Å². The van der Waals surface area contributed by atoms with Crippen molar-refractivity contribution in [2.45, 2.75) is 149 Å². The van der Waals surface area contributed by atoms with Crippen LogP contribution in [0.25, 0.3) is 0 Å².